The molecule has 1 saturated heterocycles. The minimum Gasteiger partial charge on any atom is -0.454 e. The number of aromatic nitrogens is 3. The third-order valence-electron chi connectivity index (χ3n) is 4.76. The second kappa shape index (κ2) is 10.3. The zero-order chi connectivity index (χ0) is 25.9. The number of rotatable bonds is 8. The van der Waals surface area contributed by atoms with E-state index in [1.807, 2.05) is 0 Å². The van der Waals surface area contributed by atoms with Crippen LogP contribution < -0.4 is 15.4 Å². The highest BCUT2D eigenvalue weighted by Gasteiger charge is 2.50. The van der Waals surface area contributed by atoms with Crippen LogP contribution in [-0.4, -0.2) is 65.1 Å². The molecule has 2 N–H and O–H groups in total. The molecule has 0 atom stereocenters. The summed E-state index contributed by atoms with van der Waals surface area (Å²) in [6.45, 7) is -2.47. The van der Waals surface area contributed by atoms with Gasteiger partial charge in [-0.15, -0.1) is 0 Å². The smallest absolute Gasteiger partial charge is 0.454 e. The molecule has 194 valence electrons. The minimum atomic E-state index is -5.46. The predicted molar refractivity (Wildman–Crippen MR) is 108 cm³/mol. The van der Waals surface area contributed by atoms with E-state index in [0.29, 0.717) is 9.87 Å². The molecule has 0 unspecified atom stereocenters. The van der Waals surface area contributed by atoms with Gasteiger partial charge in [-0.2, -0.15) is 45.6 Å². The van der Waals surface area contributed by atoms with Crippen molar-refractivity contribution in [3.8, 4) is 6.01 Å². The molecule has 1 aliphatic heterocycles. The maximum absolute atomic E-state index is 13.0. The zero-order valence-electron chi connectivity index (χ0n) is 17.7. The number of nitrogens with one attached hydrogen (secondary N) is 2. The molecule has 9 nitrogen and oxygen atoms in total. The molecule has 0 saturated carbocycles. The molecule has 0 bridgehead atoms. The number of ether oxygens (including phenoxy) is 1. The first kappa shape index (κ1) is 26.7. The summed E-state index contributed by atoms with van der Waals surface area (Å²) >= 11 is 0. The van der Waals surface area contributed by atoms with Crippen molar-refractivity contribution in [2.24, 2.45) is 0 Å². The lowest BCUT2D eigenvalue weighted by atomic mass is 10.1. The van der Waals surface area contributed by atoms with Gasteiger partial charge < -0.3 is 15.4 Å². The highest BCUT2D eigenvalue weighted by Crippen LogP contribution is 2.29. The SMILES string of the molecule is O=S(=O)(N1CCC(Nc2nc(NCc3ccc(F)cc3)nc(OCC(F)(F)F)n2)CC1)C(F)(F)F. The van der Waals surface area contributed by atoms with Gasteiger partial charge in [0.15, 0.2) is 6.61 Å². The summed E-state index contributed by atoms with van der Waals surface area (Å²) in [5.41, 5.74) is -4.81. The topological polar surface area (TPSA) is 109 Å². The Morgan fingerprint density at radius 3 is 2.14 bits per heavy atom. The number of nitrogens with zero attached hydrogens (tertiary/aromatic N) is 4. The molecule has 0 amide bonds. The fraction of sp³-hybridized carbons (Fsp3) is 0.500. The summed E-state index contributed by atoms with van der Waals surface area (Å²) in [7, 11) is -5.46. The van der Waals surface area contributed by atoms with Crippen LogP contribution in [0.4, 0.5) is 42.6 Å². The first-order valence-electron chi connectivity index (χ1n) is 10.00. The molecule has 1 aromatic carbocycles. The number of hydrogen-bond acceptors (Lipinski definition) is 8. The van der Waals surface area contributed by atoms with E-state index < -0.39 is 59.3 Å². The summed E-state index contributed by atoms with van der Waals surface area (Å²) in [6.07, 6.45) is -4.76. The largest absolute Gasteiger partial charge is 0.511 e. The second-order valence-electron chi connectivity index (χ2n) is 7.42. The van der Waals surface area contributed by atoms with Crippen molar-refractivity contribution < 1.29 is 43.9 Å². The van der Waals surface area contributed by atoms with Gasteiger partial charge in [-0.05, 0) is 30.5 Å². The highest BCUT2D eigenvalue weighted by atomic mass is 32.2. The molecule has 17 heteroatoms. The van der Waals surface area contributed by atoms with Crippen LogP contribution in [0.3, 0.4) is 0 Å². The lowest BCUT2D eigenvalue weighted by Gasteiger charge is -2.31. The van der Waals surface area contributed by atoms with Crippen molar-refractivity contribution in [2.45, 2.75) is 37.1 Å². The Morgan fingerprint density at radius 2 is 1.57 bits per heavy atom. The Bertz CT molecular complexity index is 1110. The molecule has 0 spiro atoms. The Labute approximate surface area is 194 Å². The van der Waals surface area contributed by atoms with Gasteiger partial charge in [0.2, 0.25) is 11.9 Å². The molecule has 0 radical (unpaired) electrons. The highest BCUT2D eigenvalue weighted by molar-refractivity contribution is 7.90. The Kier molecular flexibility index (Phi) is 7.88. The van der Waals surface area contributed by atoms with Crippen molar-refractivity contribution in [3.05, 3.63) is 35.6 Å². The van der Waals surface area contributed by atoms with Crippen LogP contribution >= 0.6 is 0 Å². The molecule has 2 heterocycles. The van der Waals surface area contributed by atoms with Gasteiger partial charge in [0.05, 0.1) is 0 Å². The number of alkyl halides is 6. The van der Waals surface area contributed by atoms with E-state index in [4.69, 9.17) is 0 Å². The fourth-order valence-corrected chi connectivity index (χ4v) is 4.05. The number of anilines is 2. The van der Waals surface area contributed by atoms with Crippen molar-refractivity contribution in [1.82, 2.24) is 19.3 Å². The fourth-order valence-electron chi connectivity index (χ4n) is 3.06. The summed E-state index contributed by atoms with van der Waals surface area (Å²) in [5.74, 6) is -0.866. The van der Waals surface area contributed by atoms with Crippen molar-refractivity contribution in [2.75, 3.05) is 30.3 Å². The van der Waals surface area contributed by atoms with Gasteiger partial charge in [-0.1, -0.05) is 12.1 Å². The molecular formula is C18H19F7N6O3S. The normalized spacial score (nSPS) is 16.2. The summed E-state index contributed by atoms with van der Waals surface area (Å²) in [4.78, 5) is 11.5. The first-order valence-corrected chi connectivity index (χ1v) is 11.4. The van der Waals surface area contributed by atoms with Gasteiger partial charge in [0, 0.05) is 25.7 Å². The lowest BCUT2D eigenvalue weighted by Crippen LogP contribution is -2.47. The van der Waals surface area contributed by atoms with Crippen molar-refractivity contribution in [3.63, 3.8) is 0 Å². The number of benzene rings is 1. The number of sulfonamides is 1. The molecule has 3 rings (SSSR count). The molecule has 1 aliphatic rings. The third kappa shape index (κ3) is 7.51. The molecule has 1 fully saturated rings. The number of piperidine rings is 1. The van der Waals surface area contributed by atoms with E-state index >= 15 is 0 Å². The van der Waals surface area contributed by atoms with E-state index in [1.54, 1.807) is 0 Å². The average molecular weight is 532 g/mol. The van der Waals surface area contributed by atoms with Crippen LogP contribution in [0.1, 0.15) is 18.4 Å². The average Bonchev–Trinajstić information content (AvgIpc) is 2.76. The number of hydrogen-bond donors (Lipinski definition) is 2. The van der Waals surface area contributed by atoms with Gasteiger partial charge in [-0.25, -0.2) is 12.8 Å². The van der Waals surface area contributed by atoms with Crippen LogP contribution in [-0.2, 0) is 16.6 Å². The monoisotopic (exact) mass is 532 g/mol. The van der Waals surface area contributed by atoms with E-state index in [-0.39, 0.29) is 31.3 Å². The minimum absolute atomic E-state index is 0.0436. The van der Waals surface area contributed by atoms with Gasteiger partial charge in [0.25, 0.3) is 0 Å². The summed E-state index contributed by atoms with van der Waals surface area (Å²) in [6, 6.07) is 4.11. The summed E-state index contributed by atoms with van der Waals surface area (Å²) < 4.78 is 117. The predicted octanol–water partition coefficient (Wildman–Crippen LogP) is 3.29. The quantitative estimate of drug-likeness (QED) is 0.499. The third-order valence-corrected chi connectivity index (χ3v) is 6.39. The van der Waals surface area contributed by atoms with Gasteiger partial charge >= 0.3 is 27.7 Å². The first-order chi connectivity index (χ1) is 16.2. The standard InChI is InChI=1S/C18H19F7N6O3S/c19-12-3-1-11(2-4-12)9-26-14-28-15(30-16(29-14)34-10-17(20,21)22)27-13-5-7-31(8-6-13)35(32,33)18(23,24)25/h1-4,13H,5-10H2,(H2,26,27,28,29,30). The maximum atomic E-state index is 13.0. The Hall–Kier alpha value is -2.95. The molecule has 0 aliphatic carbocycles. The molecule has 1 aromatic heterocycles. The van der Waals surface area contributed by atoms with Crippen LogP contribution in [0.5, 0.6) is 6.01 Å². The Morgan fingerprint density at radius 1 is 0.971 bits per heavy atom. The van der Waals surface area contributed by atoms with Crippen LogP contribution in [0.15, 0.2) is 24.3 Å². The van der Waals surface area contributed by atoms with E-state index in [0.717, 1.165) is 0 Å². The number of halogens is 7. The second-order valence-corrected chi connectivity index (χ2v) is 9.35. The molecule has 35 heavy (non-hydrogen) atoms. The molecule has 2 aromatic rings. The lowest BCUT2D eigenvalue weighted by molar-refractivity contribution is -0.154. The van der Waals surface area contributed by atoms with Crippen molar-refractivity contribution in [1.29, 1.82) is 0 Å². The zero-order valence-corrected chi connectivity index (χ0v) is 18.5. The summed E-state index contributed by atoms with van der Waals surface area (Å²) in [5, 5.41) is 5.50. The van der Waals surface area contributed by atoms with Crippen LogP contribution in [0.25, 0.3) is 0 Å². The van der Waals surface area contributed by atoms with E-state index in [1.165, 1.54) is 24.3 Å². The Balaban J connectivity index is 1.70. The maximum Gasteiger partial charge on any atom is 0.511 e. The van der Waals surface area contributed by atoms with Gasteiger partial charge in [-0.3, -0.25) is 0 Å². The van der Waals surface area contributed by atoms with Gasteiger partial charge in [0.1, 0.15) is 5.82 Å². The van der Waals surface area contributed by atoms with E-state index in [9.17, 15) is 39.2 Å². The molecular weight excluding hydrogens is 513 g/mol. The van der Waals surface area contributed by atoms with E-state index in [2.05, 4.69) is 30.3 Å². The van der Waals surface area contributed by atoms with Crippen molar-refractivity contribution >= 4 is 21.9 Å². The van der Waals surface area contributed by atoms with Crippen LogP contribution in [0.2, 0.25) is 0 Å². The van der Waals surface area contributed by atoms with Crippen LogP contribution in [0, 0.1) is 5.82 Å².